The molecule has 0 aliphatic heterocycles. The third-order valence-corrected chi connectivity index (χ3v) is 3.90. The molecule has 0 spiro atoms. The molecule has 0 unspecified atom stereocenters. The third kappa shape index (κ3) is 3.67. The van der Waals surface area contributed by atoms with Crippen molar-refractivity contribution in [3.05, 3.63) is 51.8 Å². The Morgan fingerprint density at radius 1 is 1.30 bits per heavy atom. The average molecular weight is 346 g/mol. The van der Waals surface area contributed by atoms with Crippen LogP contribution in [0.5, 0.6) is 0 Å². The van der Waals surface area contributed by atoms with E-state index >= 15 is 0 Å². The van der Waals surface area contributed by atoms with E-state index in [1.165, 1.54) is 16.8 Å². The second-order valence-corrected chi connectivity index (χ2v) is 5.55. The van der Waals surface area contributed by atoms with Crippen molar-refractivity contribution >= 4 is 17.5 Å². The van der Waals surface area contributed by atoms with Crippen molar-refractivity contribution in [1.82, 2.24) is 15.1 Å². The van der Waals surface area contributed by atoms with Crippen LogP contribution < -0.4 is 5.32 Å². The zero-order valence-corrected chi connectivity index (χ0v) is 13.5. The molecule has 124 valence electrons. The number of nitrogens with one attached hydrogen (secondary N) is 1. The fraction of sp³-hybridized carbons (Fsp3) is 0.333. The molecule has 0 aliphatic carbocycles. The standard InChI is InChI=1S/C15H15ClF3N3O/c1-8(10-4-6-11(7-5-10)15(17,18)19)20-14(23)12-9(2)21-22(3)13(12)16/h4-8H,1-3H3,(H,20,23)/t8-/m1/s1. The van der Waals surface area contributed by atoms with Crippen molar-refractivity contribution in [1.29, 1.82) is 0 Å². The van der Waals surface area contributed by atoms with Gasteiger partial charge in [-0.3, -0.25) is 9.48 Å². The highest BCUT2D eigenvalue weighted by molar-refractivity contribution is 6.33. The Hall–Kier alpha value is -2.02. The number of nitrogens with zero attached hydrogens (tertiary/aromatic N) is 2. The molecular formula is C15H15ClF3N3O. The molecule has 0 radical (unpaired) electrons. The number of carbonyl (C=O) groups excluding carboxylic acids is 1. The first-order chi connectivity index (χ1) is 10.6. The topological polar surface area (TPSA) is 46.9 Å². The largest absolute Gasteiger partial charge is 0.416 e. The Morgan fingerprint density at radius 3 is 2.30 bits per heavy atom. The van der Waals surface area contributed by atoms with Crippen molar-refractivity contribution in [2.75, 3.05) is 0 Å². The van der Waals surface area contributed by atoms with Gasteiger partial charge in [-0.1, -0.05) is 23.7 Å². The number of rotatable bonds is 3. The van der Waals surface area contributed by atoms with Gasteiger partial charge in [0.2, 0.25) is 0 Å². The number of aromatic nitrogens is 2. The maximum absolute atomic E-state index is 12.5. The van der Waals surface area contributed by atoms with Gasteiger partial charge < -0.3 is 5.32 Å². The fourth-order valence-electron chi connectivity index (χ4n) is 2.20. The Kier molecular flexibility index (Phi) is 4.70. The van der Waals surface area contributed by atoms with Crippen LogP contribution in [-0.2, 0) is 13.2 Å². The molecular weight excluding hydrogens is 331 g/mol. The summed E-state index contributed by atoms with van der Waals surface area (Å²) in [5.41, 5.74) is 0.567. The van der Waals surface area contributed by atoms with Crippen molar-refractivity contribution in [2.24, 2.45) is 7.05 Å². The molecule has 1 amide bonds. The fourth-order valence-corrected chi connectivity index (χ4v) is 2.46. The zero-order valence-electron chi connectivity index (χ0n) is 12.7. The molecule has 1 aromatic carbocycles. The van der Waals surface area contributed by atoms with Crippen molar-refractivity contribution in [3.63, 3.8) is 0 Å². The number of amides is 1. The summed E-state index contributed by atoms with van der Waals surface area (Å²) in [5.74, 6) is -0.423. The van der Waals surface area contributed by atoms with E-state index in [-0.39, 0.29) is 10.7 Å². The van der Waals surface area contributed by atoms with Crippen LogP contribution in [0.3, 0.4) is 0 Å². The van der Waals surface area contributed by atoms with Crippen molar-refractivity contribution < 1.29 is 18.0 Å². The normalized spacial score (nSPS) is 13.0. The van der Waals surface area contributed by atoms with E-state index < -0.39 is 23.7 Å². The van der Waals surface area contributed by atoms with Gasteiger partial charge in [0.05, 0.1) is 22.9 Å². The predicted molar refractivity (Wildman–Crippen MR) is 80.3 cm³/mol. The third-order valence-electron chi connectivity index (χ3n) is 3.46. The van der Waals surface area contributed by atoms with E-state index in [1.807, 2.05) is 0 Å². The van der Waals surface area contributed by atoms with Gasteiger partial charge in [-0.2, -0.15) is 18.3 Å². The Morgan fingerprint density at radius 2 is 1.87 bits per heavy atom. The van der Waals surface area contributed by atoms with Crippen LogP contribution in [0.4, 0.5) is 13.2 Å². The second-order valence-electron chi connectivity index (χ2n) is 5.19. The van der Waals surface area contributed by atoms with E-state index in [4.69, 9.17) is 11.6 Å². The molecule has 0 saturated heterocycles. The second kappa shape index (κ2) is 6.23. The predicted octanol–water partition coefficient (Wildman–Crippen LogP) is 3.89. The monoisotopic (exact) mass is 345 g/mol. The van der Waals surface area contributed by atoms with Gasteiger partial charge in [0.1, 0.15) is 5.15 Å². The lowest BCUT2D eigenvalue weighted by molar-refractivity contribution is -0.137. The number of hydrogen-bond donors (Lipinski definition) is 1. The number of carbonyl (C=O) groups is 1. The van der Waals surface area contributed by atoms with Crippen LogP contribution in [0.1, 0.15) is 40.1 Å². The first-order valence-corrected chi connectivity index (χ1v) is 7.16. The van der Waals surface area contributed by atoms with Crippen LogP contribution in [0.2, 0.25) is 5.15 Å². The van der Waals surface area contributed by atoms with Crippen molar-refractivity contribution in [3.8, 4) is 0 Å². The van der Waals surface area contributed by atoms with Gasteiger partial charge >= 0.3 is 6.18 Å². The quantitative estimate of drug-likeness (QED) is 0.917. The minimum absolute atomic E-state index is 0.208. The molecule has 0 saturated carbocycles. The molecule has 2 rings (SSSR count). The number of hydrogen-bond acceptors (Lipinski definition) is 2. The molecule has 1 heterocycles. The lowest BCUT2D eigenvalue weighted by Gasteiger charge is -2.15. The van der Waals surface area contributed by atoms with Gasteiger partial charge in [0.15, 0.2) is 0 Å². The molecule has 1 aromatic heterocycles. The molecule has 1 atom stereocenters. The first kappa shape index (κ1) is 17.3. The average Bonchev–Trinajstić information content (AvgIpc) is 2.71. The van der Waals surface area contributed by atoms with Crippen LogP contribution >= 0.6 is 11.6 Å². The molecule has 0 fully saturated rings. The van der Waals surface area contributed by atoms with Gasteiger partial charge in [-0.05, 0) is 31.5 Å². The van der Waals surface area contributed by atoms with Gasteiger partial charge in [0.25, 0.3) is 5.91 Å². The summed E-state index contributed by atoms with van der Waals surface area (Å²) in [5, 5.41) is 6.96. The van der Waals surface area contributed by atoms with Gasteiger partial charge in [-0.25, -0.2) is 0 Å². The molecule has 2 aromatic rings. The minimum atomic E-state index is -4.38. The number of alkyl halides is 3. The summed E-state index contributed by atoms with van der Waals surface area (Å²) in [6.07, 6.45) is -4.38. The Bertz CT molecular complexity index is 723. The smallest absolute Gasteiger partial charge is 0.345 e. The lowest BCUT2D eigenvalue weighted by Crippen LogP contribution is -2.27. The van der Waals surface area contributed by atoms with E-state index in [2.05, 4.69) is 10.4 Å². The maximum Gasteiger partial charge on any atom is 0.416 e. The summed E-state index contributed by atoms with van der Waals surface area (Å²) < 4.78 is 39.0. The highest BCUT2D eigenvalue weighted by Crippen LogP contribution is 2.30. The maximum atomic E-state index is 12.5. The van der Waals surface area contributed by atoms with Gasteiger partial charge in [0, 0.05) is 7.05 Å². The first-order valence-electron chi connectivity index (χ1n) is 6.78. The van der Waals surface area contributed by atoms with E-state index in [0.29, 0.717) is 11.3 Å². The summed E-state index contributed by atoms with van der Waals surface area (Å²) in [7, 11) is 1.62. The van der Waals surface area contributed by atoms with E-state index in [9.17, 15) is 18.0 Å². The Labute approximate surface area is 136 Å². The Balaban J connectivity index is 2.15. The van der Waals surface area contributed by atoms with Crippen molar-refractivity contribution in [2.45, 2.75) is 26.1 Å². The molecule has 0 aliphatic rings. The summed E-state index contributed by atoms with van der Waals surface area (Å²) in [4.78, 5) is 12.3. The zero-order chi connectivity index (χ0) is 17.4. The summed E-state index contributed by atoms with van der Waals surface area (Å²) in [6.45, 7) is 3.34. The molecule has 8 heteroatoms. The van der Waals surface area contributed by atoms with E-state index in [1.54, 1.807) is 20.9 Å². The van der Waals surface area contributed by atoms with Crippen LogP contribution in [0, 0.1) is 6.92 Å². The summed E-state index contributed by atoms with van der Waals surface area (Å²) in [6, 6.07) is 4.18. The highest BCUT2D eigenvalue weighted by Gasteiger charge is 2.30. The molecule has 0 bridgehead atoms. The highest BCUT2D eigenvalue weighted by atomic mass is 35.5. The molecule has 1 N–H and O–H groups in total. The SMILES string of the molecule is Cc1nn(C)c(Cl)c1C(=O)N[C@H](C)c1ccc(C(F)(F)F)cc1. The van der Waals surface area contributed by atoms with E-state index in [0.717, 1.165) is 12.1 Å². The lowest BCUT2D eigenvalue weighted by atomic mass is 10.1. The van der Waals surface area contributed by atoms with Crippen LogP contribution in [0.15, 0.2) is 24.3 Å². The number of halogens is 4. The van der Waals surface area contributed by atoms with Crippen LogP contribution in [0.25, 0.3) is 0 Å². The molecule has 23 heavy (non-hydrogen) atoms. The van der Waals surface area contributed by atoms with Crippen LogP contribution in [-0.4, -0.2) is 15.7 Å². The van der Waals surface area contributed by atoms with Gasteiger partial charge in [-0.15, -0.1) is 0 Å². The minimum Gasteiger partial charge on any atom is -0.345 e. The summed E-state index contributed by atoms with van der Waals surface area (Å²) >= 11 is 6.02. The number of benzene rings is 1. The number of aryl methyl sites for hydroxylation is 2. The molecule has 4 nitrogen and oxygen atoms in total.